The van der Waals surface area contributed by atoms with E-state index in [4.69, 9.17) is 0 Å². The molecule has 0 spiro atoms. The molecule has 3 heteroatoms. The van der Waals surface area contributed by atoms with Crippen LogP contribution >= 0.6 is 0 Å². The number of nitrogens with zero attached hydrogens (tertiary/aromatic N) is 3. The molecule has 1 heterocycles. The van der Waals surface area contributed by atoms with Crippen LogP contribution in [0.1, 0.15) is 121 Å². The molecule has 0 amide bonds. The average molecular weight is 595 g/mol. The van der Waals surface area contributed by atoms with Gasteiger partial charge in [0.2, 0.25) is 11.4 Å². The molecular weight excluding hydrogens is 534 g/mol. The Morgan fingerprint density at radius 1 is 0.477 bits per heavy atom. The van der Waals surface area contributed by atoms with Crippen LogP contribution in [0.25, 0.3) is 11.1 Å². The maximum atomic E-state index is 2.62. The molecule has 3 aromatic rings. The monoisotopic (exact) mass is 594 g/mol. The fraction of sp³-hybridized carbons (Fsp3) is 0.488. The SMILES string of the molecule is CCCCN(C=C(c1ccccc1)c1cccc(C(=CN(CCCC)CCCC)c2ccccc2)[n+]1CCCC)CCCC. The van der Waals surface area contributed by atoms with Gasteiger partial charge in [-0.1, -0.05) is 127 Å². The number of hydrogen-bond donors (Lipinski definition) is 0. The van der Waals surface area contributed by atoms with Gasteiger partial charge in [-0.25, -0.2) is 0 Å². The molecule has 44 heavy (non-hydrogen) atoms. The van der Waals surface area contributed by atoms with Crippen molar-refractivity contribution >= 4 is 11.1 Å². The van der Waals surface area contributed by atoms with Gasteiger partial charge in [-0.05, 0) is 42.9 Å². The Kier molecular flexibility index (Phi) is 16.5. The molecule has 0 fully saturated rings. The minimum Gasteiger partial charge on any atom is -0.377 e. The second kappa shape index (κ2) is 20.6. The quantitative estimate of drug-likeness (QED) is 0.114. The summed E-state index contributed by atoms with van der Waals surface area (Å²) in [6.07, 6.45) is 16.9. The van der Waals surface area contributed by atoms with Crippen LogP contribution in [0.15, 0.2) is 91.3 Å². The van der Waals surface area contributed by atoms with Crippen LogP contribution in [-0.4, -0.2) is 36.0 Å². The molecule has 0 saturated heterocycles. The Morgan fingerprint density at radius 3 is 1.18 bits per heavy atom. The van der Waals surface area contributed by atoms with Gasteiger partial charge in [0.15, 0.2) is 0 Å². The summed E-state index contributed by atoms with van der Waals surface area (Å²) in [5.41, 5.74) is 7.80. The number of benzene rings is 2. The molecule has 0 bridgehead atoms. The summed E-state index contributed by atoms with van der Waals surface area (Å²) in [5.74, 6) is 0. The van der Waals surface area contributed by atoms with E-state index < -0.39 is 0 Å². The molecule has 0 radical (unpaired) electrons. The summed E-state index contributed by atoms with van der Waals surface area (Å²) in [6.45, 7) is 16.9. The second-order valence-corrected chi connectivity index (χ2v) is 12.1. The molecule has 0 saturated carbocycles. The van der Waals surface area contributed by atoms with Gasteiger partial charge < -0.3 is 9.80 Å². The molecule has 2 aromatic carbocycles. The third-order valence-electron chi connectivity index (χ3n) is 8.37. The molecule has 0 atom stereocenters. The van der Waals surface area contributed by atoms with E-state index in [0.717, 1.165) is 45.6 Å². The van der Waals surface area contributed by atoms with Crippen molar-refractivity contribution in [3.63, 3.8) is 0 Å². The molecule has 0 unspecified atom stereocenters. The van der Waals surface area contributed by atoms with Crippen LogP contribution in [0.4, 0.5) is 0 Å². The first-order chi connectivity index (χ1) is 21.7. The molecule has 0 aliphatic carbocycles. The fourth-order valence-corrected chi connectivity index (χ4v) is 5.67. The van der Waals surface area contributed by atoms with E-state index in [9.17, 15) is 0 Å². The van der Waals surface area contributed by atoms with Gasteiger partial charge in [-0.15, -0.1) is 0 Å². The van der Waals surface area contributed by atoms with Crippen molar-refractivity contribution in [1.29, 1.82) is 0 Å². The van der Waals surface area contributed by atoms with Gasteiger partial charge in [-0.2, -0.15) is 4.57 Å². The van der Waals surface area contributed by atoms with Crippen LogP contribution < -0.4 is 4.57 Å². The summed E-state index contributed by atoms with van der Waals surface area (Å²) in [5, 5.41) is 0. The lowest BCUT2D eigenvalue weighted by Gasteiger charge is -2.23. The summed E-state index contributed by atoms with van der Waals surface area (Å²) in [4.78, 5) is 5.16. The zero-order valence-electron chi connectivity index (χ0n) is 28.6. The number of pyridine rings is 1. The van der Waals surface area contributed by atoms with E-state index in [1.54, 1.807) is 0 Å². The Balaban J connectivity index is 2.29. The van der Waals surface area contributed by atoms with Gasteiger partial charge in [0.25, 0.3) is 0 Å². The Morgan fingerprint density at radius 2 is 0.841 bits per heavy atom. The van der Waals surface area contributed by atoms with Crippen molar-refractivity contribution < 1.29 is 4.57 Å². The maximum absolute atomic E-state index is 2.62. The molecule has 3 rings (SSSR count). The summed E-state index contributed by atoms with van der Waals surface area (Å²) >= 11 is 0. The molecule has 0 aliphatic heterocycles. The van der Waals surface area contributed by atoms with Crippen LogP contribution in [0, 0.1) is 0 Å². The van der Waals surface area contributed by atoms with Gasteiger partial charge in [-0.3, -0.25) is 0 Å². The van der Waals surface area contributed by atoms with E-state index >= 15 is 0 Å². The zero-order chi connectivity index (χ0) is 31.4. The number of unbranched alkanes of at least 4 members (excludes halogenated alkanes) is 5. The summed E-state index contributed by atoms with van der Waals surface area (Å²) < 4.78 is 2.62. The van der Waals surface area contributed by atoms with Crippen LogP contribution in [0.5, 0.6) is 0 Å². The van der Waals surface area contributed by atoms with Crippen LogP contribution in [0.3, 0.4) is 0 Å². The third kappa shape index (κ3) is 11.0. The Bertz CT molecular complexity index is 1140. The van der Waals surface area contributed by atoms with E-state index in [1.165, 1.54) is 85.0 Å². The van der Waals surface area contributed by atoms with Crippen molar-refractivity contribution in [3.05, 3.63) is 114 Å². The molecule has 0 aliphatic rings. The molecular formula is C41H60N3+. The van der Waals surface area contributed by atoms with E-state index in [0.29, 0.717) is 0 Å². The minimum atomic E-state index is 0.990. The zero-order valence-corrected chi connectivity index (χ0v) is 28.6. The smallest absolute Gasteiger partial charge is 0.215 e. The lowest BCUT2D eigenvalue weighted by Crippen LogP contribution is -2.43. The lowest BCUT2D eigenvalue weighted by molar-refractivity contribution is -0.701. The van der Waals surface area contributed by atoms with Crippen molar-refractivity contribution in [2.45, 2.75) is 105 Å². The predicted octanol–water partition coefficient (Wildman–Crippen LogP) is 10.4. The Labute approximate surface area is 270 Å². The lowest BCUT2D eigenvalue weighted by atomic mass is 9.98. The van der Waals surface area contributed by atoms with Crippen molar-refractivity contribution in [2.75, 3.05) is 26.2 Å². The Hall–Kier alpha value is -3.33. The highest BCUT2D eigenvalue weighted by molar-refractivity contribution is 5.79. The van der Waals surface area contributed by atoms with Gasteiger partial charge in [0.1, 0.15) is 6.54 Å². The van der Waals surface area contributed by atoms with E-state index in [1.807, 2.05) is 0 Å². The summed E-state index contributed by atoms with van der Waals surface area (Å²) in [7, 11) is 0. The number of hydrogen-bond acceptors (Lipinski definition) is 2. The topological polar surface area (TPSA) is 10.4 Å². The fourth-order valence-electron chi connectivity index (χ4n) is 5.67. The van der Waals surface area contributed by atoms with Gasteiger partial charge in [0.05, 0.1) is 11.1 Å². The van der Waals surface area contributed by atoms with E-state index in [-0.39, 0.29) is 0 Å². The van der Waals surface area contributed by atoms with Crippen molar-refractivity contribution in [3.8, 4) is 0 Å². The first-order valence-electron chi connectivity index (χ1n) is 17.7. The first kappa shape index (κ1) is 35.2. The van der Waals surface area contributed by atoms with Gasteiger partial charge in [0, 0.05) is 57.1 Å². The van der Waals surface area contributed by atoms with Crippen LogP contribution in [-0.2, 0) is 6.54 Å². The highest BCUT2D eigenvalue weighted by atomic mass is 15.1. The molecule has 238 valence electrons. The molecule has 3 nitrogen and oxygen atoms in total. The van der Waals surface area contributed by atoms with Crippen molar-refractivity contribution in [1.82, 2.24) is 9.80 Å². The minimum absolute atomic E-state index is 0.990. The maximum Gasteiger partial charge on any atom is 0.215 e. The average Bonchev–Trinajstić information content (AvgIpc) is 3.07. The number of rotatable bonds is 21. The highest BCUT2D eigenvalue weighted by Crippen LogP contribution is 2.27. The largest absolute Gasteiger partial charge is 0.377 e. The number of aromatic nitrogens is 1. The summed E-state index contributed by atoms with van der Waals surface area (Å²) in [6, 6.07) is 29.1. The molecule has 1 aromatic heterocycles. The molecule has 0 N–H and O–H groups in total. The normalized spacial score (nSPS) is 12.0. The predicted molar refractivity (Wildman–Crippen MR) is 191 cm³/mol. The third-order valence-corrected chi connectivity index (χ3v) is 8.37. The van der Waals surface area contributed by atoms with Crippen molar-refractivity contribution in [2.24, 2.45) is 0 Å². The standard InChI is InChI=1S/C41H60N3/c1-6-11-29-42(30-12-7-2)34-38(36-23-18-16-19-24-36)40-27-22-28-41(44(40)33-15-10-5)39(37-25-20-17-21-26-37)35-43(31-13-8-3)32-14-9-4/h16-28,34-35H,6-15,29-33H2,1-5H3/q+1. The highest BCUT2D eigenvalue weighted by Gasteiger charge is 2.25. The van der Waals surface area contributed by atoms with E-state index in [2.05, 4.69) is 140 Å². The second-order valence-electron chi connectivity index (χ2n) is 12.1. The first-order valence-corrected chi connectivity index (χ1v) is 17.7. The van der Waals surface area contributed by atoms with Gasteiger partial charge >= 0.3 is 0 Å². The van der Waals surface area contributed by atoms with Crippen LogP contribution in [0.2, 0.25) is 0 Å².